The highest BCUT2D eigenvalue weighted by Crippen LogP contribution is 2.16. The molecule has 172 valence electrons. The smallest absolute Gasteiger partial charge is 0.291 e. The van der Waals surface area contributed by atoms with E-state index in [4.69, 9.17) is 4.42 Å². The van der Waals surface area contributed by atoms with Crippen molar-refractivity contribution in [3.05, 3.63) is 125 Å². The Morgan fingerprint density at radius 1 is 0.829 bits per heavy atom. The molecule has 8 heteroatoms. The fraction of sp³-hybridized carbons (Fsp3) is 0.0370. The maximum Gasteiger partial charge on any atom is 0.291 e. The molecule has 0 saturated carbocycles. The number of anilines is 1. The third-order valence-corrected chi connectivity index (χ3v) is 5.40. The first-order valence-corrected chi connectivity index (χ1v) is 10.9. The second-order valence-corrected chi connectivity index (χ2v) is 7.76. The van der Waals surface area contributed by atoms with Crippen LogP contribution >= 0.6 is 0 Å². The first-order chi connectivity index (χ1) is 17.1. The number of rotatable bonds is 6. The molecule has 2 amide bonds. The summed E-state index contributed by atoms with van der Waals surface area (Å²) in [5.41, 5.74) is 1.75. The van der Waals surface area contributed by atoms with Crippen molar-refractivity contribution in [2.45, 2.75) is 6.54 Å². The fourth-order valence-electron chi connectivity index (χ4n) is 3.73. The Morgan fingerprint density at radius 2 is 1.60 bits per heavy atom. The van der Waals surface area contributed by atoms with Crippen LogP contribution in [0, 0.1) is 0 Å². The van der Waals surface area contributed by atoms with E-state index in [1.807, 2.05) is 12.1 Å². The van der Waals surface area contributed by atoms with Gasteiger partial charge in [0, 0.05) is 17.6 Å². The molecule has 35 heavy (non-hydrogen) atoms. The number of carbonyl (C=O) groups is 2. The van der Waals surface area contributed by atoms with Crippen molar-refractivity contribution in [2.24, 2.45) is 0 Å². The zero-order valence-electron chi connectivity index (χ0n) is 18.5. The molecule has 8 nitrogen and oxygen atoms in total. The molecule has 0 radical (unpaired) electrons. The zero-order chi connectivity index (χ0) is 24.2. The van der Waals surface area contributed by atoms with Gasteiger partial charge in [-0.15, -0.1) is 0 Å². The van der Waals surface area contributed by atoms with E-state index in [0.29, 0.717) is 22.1 Å². The maximum atomic E-state index is 13.2. The van der Waals surface area contributed by atoms with Crippen LogP contribution in [0.4, 0.5) is 5.69 Å². The molecule has 2 heterocycles. The summed E-state index contributed by atoms with van der Waals surface area (Å²) in [4.78, 5) is 38.4. The van der Waals surface area contributed by atoms with Gasteiger partial charge in [-0.3, -0.25) is 14.4 Å². The molecule has 0 aliphatic rings. The van der Waals surface area contributed by atoms with Gasteiger partial charge in [0.1, 0.15) is 0 Å². The summed E-state index contributed by atoms with van der Waals surface area (Å²) < 4.78 is 6.35. The van der Waals surface area contributed by atoms with Gasteiger partial charge in [0.05, 0.1) is 17.3 Å². The van der Waals surface area contributed by atoms with E-state index in [9.17, 15) is 14.4 Å². The highest BCUT2D eigenvalue weighted by molar-refractivity contribution is 6.05. The van der Waals surface area contributed by atoms with Crippen LogP contribution in [0.5, 0.6) is 0 Å². The van der Waals surface area contributed by atoms with Crippen molar-refractivity contribution < 1.29 is 14.0 Å². The summed E-state index contributed by atoms with van der Waals surface area (Å²) in [6, 6.07) is 26.2. The minimum atomic E-state index is -0.420. The van der Waals surface area contributed by atoms with Gasteiger partial charge >= 0.3 is 0 Å². The second-order valence-electron chi connectivity index (χ2n) is 7.76. The van der Waals surface area contributed by atoms with Crippen molar-refractivity contribution in [3.63, 3.8) is 0 Å². The fourth-order valence-corrected chi connectivity index (χ4v) is 3.73. The molecule has 0 aliphatic heterocycles. The number of para-hydroxylation sites is 1. The van der Waals surface area contributed by atoms with E-state index in [2.05, 4.69) is 15.7 Å². The molecule has 0 spiro atoms. The van der Waals surface area contributed by atoms with E-state index in [0.717, 1.165) is 5.56 Å². The van der Waals surface area contributed by atoms with Gasteiger partial charge in [0.25, 0.3) is 17.4 Å². The van der Waals surface area contributed by atoms with E-state index in [1.54, 1.807) is 78.9 Å². The summed E-state index contributed by atoms with van der Waals surface area (Å²) in [6.45, 7) is 0.198. The van der Waals surface area contributed by atoms with Gasteiger partial charge in [-0.05, 0) is 48.0 Å². The monoisotopic (exact) mass is 464 g/mol. The number of benzene rings is 3. The van der Waals surface area contributed by atoms with E-state index < -0.39 is 5.91 Å². The lowest BCUT2D eigenvalue weighted by molar-refractivity contribution is 0.0944. The average molecular weight is 464 g/mol. The predicted molar refractivity (Wildman–Crippen MR) is 132 cm³/mol. The number of amides is 2. The van der Waals surface area contributed by atoms with Crippen molar-refractivity contribution in [1.29, 1.82) is 0 Å². The lowest BCUT2D eigenvalue weighted by atomic mass is 10.1. The van der Waals surface area contributed by atoms with Gasteiger partial charge < -0.3 is 15.1 Å². The second kappa shape index (κ2) is 9.48. The summed E-state index contributed by atoms with van der Waals surface area (Å²) >= 11 is 0. The summed E-state index contributed by atoms with van der Waals surface area (Å²) in [5.74, 6) is -0.582. The first-order valence-electron chi connectivity index (χ1n) is 10.9. The highest BCUT2D eigenvalue weighted by Gasteiger charge is 2.17. The highest BCUT2D eigenvalue weighted by atomic mass is 16.3. The Bertz CT molecular complexity index is 1570. The molecule has 3 aromatic carbocycles. The van der Waals surface area contributed by atoms with Crippen LogP contribution < -0.4 is 16.2 Å². The molecule has 0 atom stereocenters. The summed E-state index contributed by atoms with van der Waals surface area (Å²) in [6.07, 6.45) is 1.43. The van der Waals surface area contributed by atoms with Crippen LogP contribution in [-0.4, -0.2) is 21.6 Å². The van der Waals surface area contributed by atoms with Gasteiger partial charge in [0.2, 0.25) is 0 Å². The number of hydrogen-bond acceptors (Lipinski definition) is 5. The van der Waals surface area contributed by atoms with Crippen LogP contribution in [0.15, 0.2) is 106 Å². The van der Waals surface area contributed by atoms with Gasteiger partial charge in [-0.1, -0.05) is 48.5 Å². The topological polar surface area (TPSA) is 106 Å². The Morgan fingerprint density at radius 3 is 2.37 bits per heavy atom. The van der Waals surface area contributed by atoms with Crippen LogP contribution in [0.25, 0.3) is 16.5 Å². The van der Waals surface area contributed by atoms with Gasteiger partial charge in [-0.2, -0.15) is 9.78 Å². The molecule has 2 N–H and O–H groups in total. The van der Waals surface area contributed by atoms with Crippen molar-refractivity contribution in [3.8, 4) is 5.69 Å². The third-order valence-electron chi connectivity index (χ3n) is 5.40. The first kappa shape index (κ1) is 21.8. The van der Waals surface area contributed by atoms with Crippen molar-refractivity contribution in [2.75, 3.05) is 5.32 Å². The SMILES string of the molecule is O=C(Nc1cccc(CNC(=O)c2nn(-c3ccccc3)c(=O)c3ccccc23)c1)c1ccco1. The molecular formula is C27H20N4O4. The van der Waals surface area contributed by atoms with E-state index in [1.165, 1.54) is 10.9 Å². The lowest BCUT2D eigenvalue weighted by Gasteiger charge is -2.12. The number of furan rings is 1. The van der Waals surface area contributed by atoms with Crippen molar-refractivity contribution in [1.82, 2.24) is 15.1 Å². The number of aromatic nitrogens is 2. The Hall–Kier alpha value is -4.98. The number of nitrogens with zero attached hydrogens (tertiary/aromatic N) is 2. The molecule has 0 bridgehead atoms. The lowest BCUT2D eigenvalue weighted by Crippen LogP contribution is -2.29. The number of fused-ring (bicyclic) bond motifs is 1. The van der Waals surface area contributed by atoms with Gasteiger partial charge in [0.15, 0.2) is 11.5 Å². The molecule has 0 fully saturated rings. The molecule has 5 aromatic rings. The Labute approximate surface area is 199 Å². The van der Waals surface area contributed by atoms with Crippen molar-refractivity contribution >= 4 is 28.3 Å². The third kappa shape index (κ3) is 4.58. The number of carbonyl (C=O) groups excluding carboxylic acids is 2. The zero-order valence-corrected chi connectivity index (χ0v) is 18.5. The van der Waals surface area contributed by atoms with Crippen LogP contribution in [0.2, 0.25) is 0 Å². The Balaban J connectivity index is 1.39. The molecule has 0 saturated heterocycles. The van der Waals surface area contributed by atoms with Crippen LogP contribution in [-0.2, 0) is 6.54 Å². The standard InChI is InChI=1S/C27H20N4O4/c32-25(23-14-7-15-35-23)29-19-9-6-8-18(16-19)17-28-26(33)24-21-12-4-5-13-22(21)27(34)31(30-24)20-10-2-1-3-11-20/h1-16H,17H2,(H,28,33)(H,29,32). The molecule has 2 aromatic heterocycles. The molecule has 0 unspecified atom stereocenters. The van der Waals surface area contributed by atoms with Crippen LogP contribution in [0.1, 0.15) is 26.6 Å². The maximum absolute atomic E-state index is 13.2. The van der Waals surface area contributed by atoms with Crippen LogP contribution in [0.3, 0.4) is 0 Å². The average Bonchev–Trinajstić information content (AvgIpc) is 3.44. The molecular weight excluding hydrogens is 444 g/mol. The summed E-state index contributed by atoms with van der Waals surface area (Å²) in [7, 11) is 0. The quantitative estimate of drug-likeness (QED) is 0.393. The predicted octanol–water partition coefficient (Wildman–Crippen LogP) is 4.16. The number of nitrogens with one attached hydrogen (secondary N) is 2. The summed E-state index contributed by atoms with van der Waals surface area (Å²) in [5, 5.41) is 10.9. The minimum absolute atomic E-state index is 0.145. The van der Waals surface area contributed by atoms with E-state index >= 15 is 0 Å². The number of hydrogen-bond donors (Lipinski definition) is 2. The molecule has 0 aliphatic carbocycles. The van der Waals surface area contributed by atoms with E-state index in [-0.39, 0.29) is 29.5 Å². The normalized spacial score (nSPS) is 10.7. The minimum Gasteiger partial charge on any atom is -0.459 e. The van der Waals surface area contributed by atoms with Gasteiger partial charge in [-0.25, -0.2) is 0 Å². The molecule has 5 rings (SSSR count). The Kier molecular flexibility index (Phi) is 5.92. The largest absolute Gasteiger partial charge is 0.459 e.